The van der Waals surface area contributed by atoms with Gasteiger partial charge in [0.2, 0.25) is 0 Å². The van der Waals surface area contributed by atoms with Crippen LogP contribution < -0.4 is 15.5 Å². The second-order valence-electron chi connectivity index (χ2n) is 6.11. The summed E-state index contributed by atoms with van der Waals surface area (Å²) in [5.41, 5.74) is 2.98. The Morgan fingerprint density at radius 1 is 1.08 bits per heavy atom. The van der Waals surface area contributed by atoms with Crippen LogP contribution in [0.15, 0.2) is 42.6 Å². The van der Waals surface area contributed by atoms with Crippen molar-refractivity contribution in [3.05, 3.63) is 48.3 Å². The number of aryl methyl sites for hydroxylation is 1. The van der Waals surface area contributed by atoms with Crippen molar-refractivity contribution in [2.24, 2.45) is 0 Å². The van der Waals surface area contributed by atoms with E-state index >= 15 is 0 Å². The van der Waals surface area contributed by atoms with Crippen LogP contribution in [-0.2, 0) is 0 Å². The summed E-state index contributed by atoms with van der Waals surface area (Å²) < 4.78 is 0. The highest BCUT2D eigenvalue weighted by Crippen LogP contribution is 2.23. The molecule has 0 unspecified atom stereocenters. The molecule has 3 aromatic rings. The van der Waals surface area contributed by atoms with Gasteiger partial charge in [-0.3, -0.25) is 5.10 Å². The summed E-state index contributed by atoms with van der Waals surface area (Å²) >= 11 is 0. The Balaban J connectivity index is 1.58. The maximum atomic E-state index is 4.71. The number of aromatic amines is 1. The van der Waals surface area contributed by atoms with Gasteiger partial charge in [0, 0.05) is 49.7 Å². The molecule has 1 aliphatic rings. The van der Waals surface area contributed by atoms with Crippen LogP contribution in [0.25, 0.3) is 11.3 Å². The molecule has 7 heteroatoms. The van der Waals surface area contributed by atoms with Gasteiger partial charge in [0.05, 0.1) is 5.69 Å². The van der Waals surface area contributed by atoms with E-state index in [1.807, 2.05) is 43.5 Å². The van der Waals surface area contributed by atoms with Crippen LogP contribution in [0.1, 0.15) is 5.69 Å². The van der Waals surface area contributed by atoms with E-state index in [1.165, 1.54) is 0 Å². The minimum absolute atomic E-state index is 0.762. The van der Waals surface area contributed by atoms with Gasteiger partial charge in [-0.2, -0.15) is 5.10 Å². The Kier molecular flexibility index (Phi) is 4.30. The molecule has 0 aromatic carbocycles. The summed E-state index contributed by atoms with van der Waals surface area (Å²) in [7, 11) is 0. The first-order valence-electron chi connectivity index (χ1n) is 8.46. The predicted molar refractivity (Wildman–Crippen MR) is 99.2 cm³/mol. The molecule has 0 spiro atoms. The predicted octanol–water partition coefficient (Wildman–Crippen LogP) is 2.33. The van der Waals surface area contributed by atoms with E-state index in [-0.39, 0.29) is 0 Å². The summed E-state index contributed by atoms with van der Waals surface area (Å²) in [5, 5.41) is 13.7. The lowest BCUT2D eigenvalue weighted by Gasteiger charge is -2.28. The number of pyridine rings is 2. The molecule has 0 aliphatic carbocycles. The fourth-order valence-corrected chi connectivity index (χ4v) is 2.92. The summed E-state index contributed by atoms with van der Waals surface area (Å²) in [6.45, 7) is 5.91. The molecule has 0 bridgehead atoms. The van der Waals surface area contributed by atoms with Gasteiger partial charge in [0.15, 0.2) is 5.82 Å². The van der Waals surface area contributed by atoms with Crippen molar-refractivity contribution < 1.29 is 0 Å². The number of hydrogen-bond donors (Lipinski definition) is 3. The molecule has 0 radical (unpaired) electrons. The summed E-state index contributed by atoms with van der Waals surface area (Å²) in [6, 6.07) is 12.0. The second kappa shape index (κ2) is 6.90. The number of hydrogen-bond acceptors (Lipinski definition) is 6. The van der Waals surface area contributed by atoms with Gasteiger partial charge in [-0.05, 0) is 31.2 Å². The second-order valence-corrected chi connectivity index (χ2v) is 6.11. The van der Waals surface area contributed by atoms with Crippen molar-refractivity contribution in [2.75, 3.05) is 36.4 Å². The first-order chi connectivity index (χ1) is 12.3. The fraction of sp³-hybridized carbons (Fsp3) is 0.278. The highest BCUT2D eigenvalue weighted by molar-refractivity contribution is 5.66. The molecule has 3 aromatic heterocycles. The zero-order valence-corrected chi connectivity index (χ0v) is 14.2. The van der Waals surface area contributed by atoms with E-state index < -0.39 is 0 Å². The number of H-pyrrole nitrogens is 1. The van der Waals surface area contributed by atoms with Gasteiger partial charge in [0.25, 0.3) is 0 Å². The smallest absolute Gasteiger partial charge is 0.153 e. The third-order valence-electron chi connectivity index (χ3n) is 4.19. The molecule has 4 heterocycles. The monoisotopic (exact) mass is 335 g/mol. The maximum absolute atomic E-state index is 4.71. The third-order valence-corrected chi connectivity index (χ3v) is 4.19. The molecule has 0 amide bonds. The molecule has 0 saturated carbocycles. The Labute approximate surface area is 146 Å². The molecule has 1 saturated heterocycles. The van der Waals surface area contributed by atoms with E-state index in [1.54, 1.807) is 0 Å². The lowest BCUT2D eigenvalue weighted by molar-refractivity contribution is 0.585. The largest absolute Gasteiger partial charge is 0.354 e. The quantitative estimate of drug-likeness (QED) is 0.679. The number of aromatic nitrogens is 4. The summed E-state index contributed by atoms with van der Waals surface area (Å²) in [4.78, 5) is 11.5. The molecule has 4 rings (SSSR count). The fourth-order valence-electron chi connectivity index (χ4n) is 2.92. The molecule has 1 fully saturated rings. The van der Waals surface area contributed by atoms with Crippen molar-refractivity contribution in [2.45, 2.75) is 6.92 Å². The van der Waals surface area contributed by atoms with E-state index in [0.717, 1.165) is 60.6 Å². The van der Waals surface area contributed by atoms with Crippen LogP contribution >= 0.6 is 0 Å². The molecule has 3 N–H and O–H groups in total. The van der Waals surface area contributed by atoms with Crippen LogP contribution in [0.2, 0.25) is 0 Å². The molecule has 0 atom stereocenters. The number of anilines is 3. The maximum Gasteiger partial charge on any atom is 0.153 e. The van der Waals surface area contributed by atoms with Crippen molar-refractivity contribution >= 4 is 17.5 Å². The summed E-state index contributed by atoms with van der Waals surface area (Å²) in [6.07, 6.45) is 1.85. The molecular formula is C18H21N7. The van der Waals surface area contributed by atoms with Crippen molar-refractivity contribution in [1.82, 2.24) is 25.5 Å². The van der Waals surface area contributed by atoms with Gasteiger partial charge in [0.1, 0.15) is 11.6 Å². The number of nitrogens with zero attached hydrogens (tertiary/aromatic N) is 4. The zero-order valence-electron chi connectivity index (χ0n) is 14.2. The van der Waals surface area contributed by atoms with Gasteiger partial charge in [-0.15, -0.1) is 0 Å². The third kappa shape index (κ3) is 3.61. The van der Waals surface area contributed by atoms with Gasteiger partial charge in [-0.25, -0.2) is 9.97 Å². The lowest BCUT2D eigenvalue weighted by Crippen LogP contribution is -2.43. The average Bonchev–Trinajstić information content (AvgIpc) is 3.07. The van der Waals surface area contributed by atoms with Crippen LogP contribution in [0, 0.1) is 6.92 Å². The standard InChI is InChI=1S/C18H21N7/c1-13-11-17(24-23-13)22-16-4-2-3-15(21-16)14-5-6-20-18(12-14)25-9-7-19-8-10-25/h2-6,11-12,19H,7-10H2,1H3,(H2,21,22,23,24). The highest BCUT2D eigenvalue weighted by Gasteiger charge is 2.12. The number of rotatable bonds is 4. The first kappa shape index (κ1) is 15.6. The SMILES string of the molecule is Cc1cc(Nc2cccc(-c3ccnc(N4CCNCC4)c3)n2)n[nH]1. The Morgan fingerprint density at radius 2 is 1.96 bits per heavy atom. The van der Waals surface area contributed by atoms with Gasteiger partial charge < -0.3 is 15.5 Å². The zero-order chi connectivity index (χ0) is 17.1. The normalized spacial score (nSPS) is 14.5. The van der Waals surface area contributed by atoms with Crippen molar-refractivity contribution in [3.63, 3.8) is 0 Å². The van der Waals surface area contributed by atoms with E-state index in [4.69, 9.17) is 4.98 Å². The Hall–Kier alpha value is -2.93. The van der Waals surface area contributed by atoms with Gasteiger partial charge in [-0.1, -0.05) is 6.07 Å². The van der Waals surface area contributed by atoms with Crippen LogP contribution in [0.3, 0.4) is 0 Å². The molecule has 25 heavy (non-hydrogen) atoms. The van der Waals surface area contributed by atoms with E-state index in [2.05, 4.69) is 36.8 Å². The minimum atomic E-state index is 0.762. The lowest BCUT2D eigenvalue weighted by atomic mass is 10.1. The van der Waals surface area contributed by atoms with E-state index in [0.29, 0.717) is 0 Å². The van der Waals surface area contributed by atoms with Crippen LogP contribution in [0.5, 0.6) is 0 Å². The van der Waals surface area contributed by atoms with Gasteiger partial charge >= 0.3 is 0 Å². The van der Waals surface area contributed by atoms with Crippen LogP contribution in [-0.4, -0.2) is 46.3 Å². The molecule has 7 nitrogen and oxygen atoms in total. The Morgan fingerprint density at radius 3 is 2.76 bits per heavy atom. The first-order valence-corrected chi connectivity index (χ1v) is 8.46. The highest BCUT2D eigenvalue weighted by atomic mass is 15.2. The molecule has 128 valence electrons. The summed E-state index contributed by atoms with van der Waals surface area (Å²) in [5.74, 6) is 2.53. The van der Waals surface area contributed by atoms with E-state index in [9.17, 15) is 0 Å². The molecule has 1 aliphatic heterocycles. The average molecular weight is 335 g/mol. The number of piperazine rings is 1. The number of nitrogens with one attached hydrogen (secondary N) is 3. The Bertz CT molecular complexity index is 852. The van der Waals surface area contributed by atoms with Crippen LogP contribution in [0.4, 0.5) is 17.5 Å². The minimum Gasteiger partial charge on any atom is -0.354 e. The molecular weight excluding hydrogens is 314 g/mol. The topological polar surface area (TPSA) is 81.8 Å². The van der Waals surface area contributed by atoms with Crippen molar-refractivity contribution in [3.8, 4) is 11.3 Å². The van der Waals surface area contributed by atoms with Crippen molar-refractivity contribution in [1.29, 1.82) is 0 Å².